The van der Waals surface area contributed by atoms with E-state index in [0.29, 0.717) is 23.0 Å². The number of aromatic nitrogens is 3. The van der Waals surface area contributed by atoms with E-state index >= 15 is 0 Å². The molecule has 1 saturated carbocycles. The largest absolute Gasteiger partial charge is 0.476 e. The van der Waals surface area contributed by atoms with E-state index < -0.39 is 5.97 Å². The second kappa shape index (κ2) is 8.30. The van der Waals surface area contributed by atoms with Crippen LogP contribution in [0.4, 0.5) is 5.69 Å². The van der Waals surface area contributed by atoms with Crippen LogP contribution in [0.15, 0.2) is 30.3 Å². The zero-order valence-electron chi connectivity index (χ0n) is 17.8. The number of pyridine rings is 1. The Morgan fingerprint density at radius 1 is 1.19 bits per heavy atom. The number of ether oxygens (including phenoxy) is 1. The van der Waals surface area contributed by atoms with Gasteiger partial charge in [-0.2, -0.15) is 5.10 Å². The molecule has 0 bridgehead atoms. The average Bonchev–Trinajstić information content (AvgIpc) is 3.16. The van der Waals surface area contributed by atoms with Gasteiger partial charge in [-0.1, -0.05) is 36.8 Å². The average molecular weight is 421 g/mol. The van der Waals surface area contributed by atoms with Gasteiger partial charge in [0.1, 0.15) is 0 Å². The van der Waals surface area contributed by atoms with Crippen molar-refractivity contribution in [2.45, 2.75) is 38.0 Å². The molecular weight excluding hydrogens is 392 g/mol. The Balaban J connectivity index is 1.73. The fourth-order valence-corrected chi connectivity index (χ4v) is 4.95. The Morgan fingerprint density at radius 2 is 1.94 bits per heavy atom. The number of carbonyl (C=O) groups is 1. The fourth-order valence-electron chi connectivity index (χ4n) is 4.95. The SMILES string of the molecule is COCC1CCN(c2c(-c3ccccc3)c(C(=O)O)nc3[nH]nc(C4CCC4)c23)CC1. The van der Waals surface area contributed by atoms with Crippen molar-refractivity contribution in [3.05, 3.63) is 41.7 Å². The van der Waals surface area contributed by atoms with Crippen LogP contribution < -0.4 is 4.90 Å². The lowest BCUT2D eigenvalue weighted by atomic mass is 9.81. The quantitative estimate of drug-likeness (QED) is 0.612. The smallest absolute Gasteiger partial charge is 0.355 e. The lowest BCUT2D eigenvalue weighted by Crippen LogP contribution is -2.36. The van der Waals surface area contributed by atoms with Crippen molar-refractivity contribution in [1.29, 1.82) is 0 Å². The molecule has 7 heteroatoms. The first-order valence-electron chi connectivity index (χ1n) is 11.1. The number of piperidine rings is 1. The van der Waals surface area contributed by atoms with Gasteiger partial charge >= 0.3 is 5.97 Å². The fraction of sp³-hybridized carbons (Fsp3) is 0.458. The number of carboxylic acids is 1. The van der Waals surface area contributed by atoms with Crippen LogP contribution in [0.2, 0.25) is 0 Å². The molecule has 1 aromatic carbocycles. The highest BCUT2D eigenvalue weighted by Crippen LogP contribution is 2.46. The molecule has 1 aliphatic carbocycles. The molecule has 3 aromatic rings. The number of hydrogen-bond acceptors (Lipinski definition) is 5. The number of nitrogens with zero attached hydrogens (tertiary/aromatic N) is 3. The Labute approximate surface area is 181 Å². The molecule has 0 radical (unpaired) electrons. The van der Waals surface area contributed by atoms with Crippen molar-refractivity contribution in [2.75, 3.05) is 31.7 Å². The van der Waals surface area contributed by atoms with E-state index in [1.807, 2.05) is 30.3 Å². The van der Waals surface area contributed by atoms with Crippen LogP contribution in [0, 0.1) is 5.92 Å². The predicted molar refractivity (Wildman–Crippen MR) is 120 cm³/mol. The number of H-pyrrole nitrogens is 1. The van der Waals surface area contributed by atoms with Gasteiger partial charge in [0, 0.05) is 38.3 Å². The zero-order valence-corrected chi connectivity index (χ0v) is 17.8. The van der Waals surface area contributed by atoms with Gasteiger partial charge in [0.25, 0.3) is 0 Å². The third-order valence-corrected chi connectivity index (χ3v) is 6.80. The molecule has 1 saturated heterocycles. The molecule has 1 aliphatic heterocycles. The van der Waals surface area contributed by atoms with Crippen molar-refractivity contribution >= 4 is 22.7 Å². The van der Waals surface area contributed by atoms with Crippen molar-refractivity contribution in [3.8, 4) is 11.1 Å². The van der Waals surface area contributed by atoms with Gasteiger partial charge in [-0.05, 0) is 37.2 Å². The first-order valence-corrected chi connectivity index (χ1v) is 11.1. The second-order valence-corrected chi connectivity index (χ2v) is 8.70. The van der Waals surface area contributed by atoms with E-state index in [0.717, 1.165) is 67.7 Å². The van der Waals surface area contributed by atoms with Crippen molar-refractivity contribution in [1.82, 2.24) is 15.2 Å². The molecule has 7 nitrogen and oxygen atoms in total. The number of anilines is 1. The summed E-state index contributed by atoms with van der Waals surface area (Å²) in [5.74, 6) is -0.0659. The maximum atomic E-state index is 12.3. The molecule has 31 heavy (non-hydrogen) atoms. The monoisotopic (exact) mass is 420 g/mol. The Bertz CT molecular complexity index is 1080. The van der Waals surface area contributed by atoms with E-state index in [9.17, 15) is 9.90 Å². The van der Waals surface area contributed by atoms with Gasteiger partial charge in [0.05, 0.1) is 16.8 Å². The van der Waals surface area contributed by atoms with E-state index in [1.54, 1.807) is 7.11 Å². The number of benzene rings is 1. The number of hydrogen-bond donors (Lipinski definition) is 2. The predicted octanol–water partition coefficient (Wildman–Crippen LogP) is 4.45. The summed E-state index contributed by atoms with van der Waals surface area (Å²) in [6.07, 6.45) is 5.49. The molecule has 2 N–H and O–H groups in total. The minimum atomic E-state index is -1.02. The molecule has 3 heterocycles. The number of aromatic amines is 1. The van der Waals surface area contributed by atoms with Crippen molar-refractivity contribution in [3.63, 3.8) is 0 Å². The van der Waals surface area contributed by atoms with Gasteiger partial charge in [0.15, 0.2) is 11.3 Å². The maximum Gasteiger partial charge on any atom is 0.355 e. The molecule has 162 valence electrons. The lowest BCUT2D eigenvalue weighted by molar-refractivity contribution is 0.0692. The summed E-state index contributed by atoms with van der Waals surface area (Å²) in [6, 6.07) is 9.78. The summed E-state index contributed by atoms with van der Waals surface area (Å²) in [5.41, 5.74) is 4.25. The summed E-state index contributed by atoms with van der Waals surface area (Å²) in [7, 11) is 1.75. The van der Waals surface area contributed by atoms with Gasteiger partial charge in [0.2, 0.25) is 0 Å². The van der Waals surface area contributed by atoms with Crippen LogP contribution in [-0.2, 0) is 4.74 Å². The standard InChI is InChI=1S/C24H28N4O3/c1-31-14-15-10-12-28(13-11-15)22-18(16-6-3-2-4-7-16)21(24(29)30)25-23-19(22)20(26-27-23)17-8-5-9-17/h2-4,6-7,15,17H,5,8-14H2,1H3,(H,29,30)(H,25,26,27). The Morgan fingerprint density at radius 3 is 2.55 bits per heavy atom. The highest BCUT2D eigenvalue weighted by molar-refractivity contribution is 6.08. The van der Waals surface area contributed by atoms with E-state index in [4.69, 9.17) is 4.74 Å². The third kappa shape index (κ3) is 3.57. The maximum absolute atomic E-state index is 12.3. The van der Waals surface area contributed by atoms with Crippen molar-refractivity contribution < 1.29 is 14.6 Å². The lowest BCUT2D eigenvalue weighted by Gasteiger charge is -2.36. The highest BCUT2D eigenvalue weighted by atomic mass is 16.5. The third-order valence-electron chi connectivity index (χ3n) is 6.80. The normalized spacial score (nSPS) is 17.8. The minimum absolute atomic E-state index is 0.0801. The van der Waals surface area contributed by atoms with Crippen LogP contribution in [0.5, 0.6) is 0 Å². The molecule has 0 atom stereocenters. The summed E-state index contributed by atoms with van der Waals surface area (Å²) in [5, 5.41) is 18.7. The van der Waals surface area contributed by atoms with Crippen LogP contribution in [-0.4, -0.2) is 53.1 Å². The molecule has 5 rings (SSSR count). The van der Waals surface area contributed by atoms with E-state index in [2.05, 4.69) is 20.1 Å². The van der Waals surface area contributed by atoms with Gasteiger partial charge in [-0.25, -0.2) is 9.78 Å². The summed E-state index contributed by atoms with van der Waals surface area (Å²) in [4.78, 5) is 19.2. The molecule has 0 unspecified atom stereocenters. The molecule has 2 fully saturated rings. The van der Waals surface area contributed by atoms with Gasteiger partial charge in [-0.3, -0.25) is 5.10 Å². The highest BCUT2D eigenvalue weighted by Gasteiger charge is 2.33. The summed E-state index contributed by atoms with van der Waals surface area (Å²) >= 11 is 0. The summed E-state index contributed by atoms with van der Waals surface area (Å²) in [6.45, 7) is 2.49. The van der Waals surface area contributed by atoms with Crippen LogP contribution in [0.3, 0.4) is 0 Å². The molecule has 0 amide bonds. The van der Waals surface area contributed by atoms with Crippen LogP contribution >= 0.6 is 0 Å². The van der Waals surface area contributed by atoms with Gasteiger partial charge in [-0.15, -0.1) is 0 Å². The van der Waals surface area contributed by atoms with Crippen molar-refractivity contribution in [2.24, 2.45) is 5.92 Å². The Kier molecular flexibility index (Phi) is 5.36. The van der Waals surface area contributed by atoms with E-state index in [-0.39, 0.29) is 5.69 Å². The molecular formula is C24H28N4O3. The first kappa shape index (κ1) is 20.0. The van der Waals surface area contributed by atoms with Crippen LogP contribution in [0.25, 0.3) is 22.2 Å². The number of methoxy groups -OCH3 is 1. The number of carboxylic acid groups (broad SMARTS) is 1. The number of nitrogens with one attached hydrogen (secondary N) is 1. The number of fused-ring (bicyclic) bond motifs is 1. The molecule has 2 aromatic heterocycles. The van der Waals surface area contributed by atoms with E-state index in [1.165, 1.54) is 6.42 Å². The number of rotatable bonds is 6. The topological polar surface area (TPSA) is 91.3 Å². The zero-order chi connectivity index (χ0) is 21.4. The second-order valence-electron chi connectivity index (χ2n) is 8.70. The molecule has 0 spiro atoms. The van der Waals surface area contributed by atoms with Crippen LogP contribution in [0.1, 0.15) is 54.2 Å². The summed E-state index contributed by atoms with van der Waals surface area (Å²) < 4.78 is 5.38. The first-order chi connectivity index (χ1) is 15.2. The number of aromatic carboxylic acids is 1. The molecule has 2 aliphatic rings. The van der Waals surface area contributed by atoms with Gasteiger partial charge < -0.3 is 14.7 Å². The minimum Gasteiger partial charge on any atom is -0.476 e. The Hall–Kier alpha value is -2.93.